The Kier molecular flexibility index (Phi) is 2.87. The monoisotopic (exact) mass is 307 g/mol. The van der Waals surface area contributed by atoms with Crippen molar-refractivity contribution in [2.24, 2.45) is 0 Å². The van der Waals surface area contributed by atoms with Gasteiger partial charge in [-0.3, -0.25) is 4.79 Å². The predicted octanol–water partition coefficient (Wildman–Crippen LogP) is 3.38. The zero-order valence-corrected chi connectivity index (χ0v) is 11.8. The number of carbonyl (C=O) groups is 1. The first-order valence-electron chi connectivity index (χ1n) is 6.98. The van der Waals surface area contributed by atoms with Crippen molar-refractivity contribution < 1.29 is 13.6 Å². The fourth-order valence-corrected chi connectivity index (χ4v) is 2.69. The molecule has 1 amide bonds. The maximum atomic E-state index is 13.5. The van der Waals surface area contributed by atoms with Gasteiger partial charge in [0.25, 0.3) is 5.91 Å². The highest BCUT2D eigenvalue weighted by molar-refractivity contribution is 6.35. The number of hydrogen-bond acceptors (Lipinski definition) is 3. The van der Waals surface area contributed by atoms with Crippen LogP contribution in [0.15, 0.2) is 57.7 Å². The molecule has 2 aliphatic heterocycles. The SMILES string of the molecule is O=C1Nc2ccc(F)cc2C1=Cc1c2cccccc-2oc1=O. The van der Waals surface area contributed by atoms with Gasteiger partial charge in [0, 0.05) is 22.4 Å². The van der Waals surface area contributed by atoms with E-state index in [9.17, 15) is 14.0 Å². The highest BCUT2D eigenvalue weighted by atomic mass is 19.1. The van der Waals surface area contributed by atoms with Gasteiger partial charge in [0.2, 0.25) is 0 Å². The molecule has 23 heavy (non-hydrogen) atoms. The minimum Gasteiger partial charge on any atom is -0.422 e. The first-order valence-corrected chi connectivity index (χ1v) is 6.98. The largest absolute Gasteiger partial charge is 0.422 e. The van der Waals surface area contributed by atoms with Crippen LogP contribution in [-0.4, -0.2) is 5.91 Å². The Balaban J connectivity index is 1.94. The third-order valence-corrected chi connectivity index (χ3v) is 3.76. The Hall–Kier alpha value is -3.21. The Morgan fingerprint density at radius 1 is 1.00 bits per heavy atom. The standard InChI is InChI=1S/C18H10FNO3/c19-10-6-7-15-12(8-10)13(17(21)20-15)9-14-11-4-2-1-3-5-16(11)23-18(14)22/h1-9H,(H,20,21). The van der Waals surface area contributed by atoms with Crippen LogP contribution in [0.4, 0.5) is 10.1 Å². The van der Waals surface area contributed by atoms with Gasteiger partial charge in [0.15, 0.2) is 0 Å². The molecule has 0 saturated heterocycles. The number of anilines is 1. The normalized spacial score (nSPS) is 15.0. The Bertz CT molecular complexity index is 1000. The summed E-state index contributed by atoms with van der Waals surface area (Å²) in [5.41, 5.74) is 1.54. The van der Waals surface area contributed by atoms with Crippen LogP contribution in [0, 0.1) is 5.82 Å². The molecule has 0 saturated carbocycles. The molecule has 0 aromatic heterocycles. The molecule has 2 heterocycles. The Morgan fingerprint density at radius 2 is 1.83 bits per heavy atom. The molecule has 1 aromatic rings. The quantitative estimate of drug-likeness (QED) is 0.701. The number of halogens is 1. The summed E-state index contributed by atoms with van der Waals surface area (Å²) in [7, 11) is 0. The number of furan rings is 1. The Labute approximate surface area is 130 Å². The minimum absolute atomic E-state index is 0.241. The summed E-state index contributed by atoms with van der Waals surface area (Å²) in [6, 6.07) is 12.8. The van der Waals surface area contributed by atoms with Gasteiger partial charge in [-0.15, -0.1) is 0 Å². The second kappa shape index (κ2) is 4.91. The highest BCUT2D eigenvalue weighted by Crippen LogP contribution is 2.35. The van der Waals surface area contributed by atoms with E-state index < -0.39 is 11.4 Å². The van der Waals surface area contributed by atoms with Crippen molar-refractivity contribution in [1.29, 1.82) is 0 Å². The second-order valence-electron chi connectivity index (χ2n) is 5.19. The molecule has 3 aliphatic rings. The van der Waals surface area contributed by atoms with Crippen molar-refractivity contribution in [3.8, 4) is 11.3 Å². The van der Waals surface area contributed by atoms with Crippen LogP contribution in [0.25, 0.3) is 23.0 Å². The van der Waals surface area contributed by atoms with Crippen LogP contribution in [-0.2, 0) is 4.79 Å². The van der Waals surface area contributed by atoms with E-state index in [1.807, 2.05) is 6.07 Å². The molecule has 4 nitrogen and oxygen atoms in total. The van der Waals surface area contributed by atoms with Crippen molar-refractivity contribution in [3.05, 3.63) is 75.9 Å². The van der Waals surface area contributed by atoms with E-state index in [1.165, 1.54) is 24.3 Å². The van der Waals surface area contributed by atoms with Crippen molar-refractivity contribution in [2.45, 2.75) is 0 Å². The maximum Gasteiger partial charge on any atom is 0.344 e. The molecule has 0 atom stereocenters. The van der Waals surface area contributed by atoms with E-state index in [1.54, 1.807) is 24.3 Å². The molecule has 0 fully saturated rings. The summed E-state index contributed by atoms with van der Waals surface area (Å²) in [5.74, 6) is -0.388. The van der Waals surface area contributed by atoms with Crippen molar-refractivity contribution in [3.63, 3.8) is 0 Å². The third kappa shape index (κ3) is 2.14. The zero-order valence-electron chi connectivity index (χ0n) is 11.8. The average Bonchev–Trinajstić information content (AvgIpc) is 2.86. The van der Waals surface area contributed by atoms with Crippen LogP contribution >= 0.6 is 0 Å². The minimum atomic E-state index is -0.531. The molecular formula is C18H10FNO3. The molecule has 0 radical (unpaired) electrons. The first-order chi connectivity index (χ1) is 11.1. The lowest BCUT2D eigenvalue weighted by molar-refractivity contribution is -0.110. The van der Waals surface area contributed by atoms with E-state index in [0.29, 0.717) is 22.6 Å². The van der Waals surface area contributed by atoms with Gasteiger partial charge >= 0.3 is 5.63 Å². The number of carbonyl (C=O) groups excluding carboxylic acids is 1. The molecule has 0 bridgehead atoms. The predicted molar refractivity (Wildman–Crippen MR) is 84.5 cm³/mol. The number of rotatable bonds is 1. The van der Waals surface area contributed by atoms with Gasteiger partial charge in [-0.05, 0) is 30.3 Å². The van der Waals surface area contributed by atoms with Gasteiger partial charge in [-0.1, -0.05) is 24.3 Å². The molecule has 1 N–H and O–H groups in total. The van der Waals surface area contributed by atoms with Crippen molar-refractivity contribution >= 4 is 23.2 Å². The fraction of sp³-hybridized carbons (Fsp3) is 0. The first kappa shape index (κ1) is 13.5. The lowest BCUT2D eigenvalue weighted by Gasteiger charge is -1.98. The third-order valence-electron chi connectivity index (χ3n) is 3.76. The maximum absolute atomic E-state index is 13.5. The molecule has 5 heteroatoms. The molecule has 1 aliphatic carbocycles. The van der Waals surface area contributed by atoms with E-state index in [-0.39, 0.29) is 17.0 Å². The van der Waals surface area contributed by atoms with E-state index >= 15 is 0 Å². The van der Waals surface area contributed by atoms with Crippen LogP contribution in [0.2, 0.25) is 0 Å². The van der Waals surface area contributed by atoms with Crippen LogP contribution in [0.3, 0.4) is 0 Å². The van der Waals surface area contributed by atoms with E-state index in [2.05, 4.69) is 5.32 Å². The number of nitrogens with one attached hydrogen (secondary N) is 1. The number of amides is 1. The molecule has 0 unspecified atom stereocenters. The summed E-state index contributed by atoms with van der Waals surface area (Å²) in [5, 5.41) is 2.65. The summed E-state index contributed by atoms with van der Waals surface area (Å²) in [6.07, 6.45) is 1.45. The number of fused-ring (bicyclic) bond motifs is 2. The number of benzene rings is 1. The van der Waals surface area contributed by atoms with E-state index in [0.717, 1.165) is 0 Å². The van der Waals surface area contributed by atoms with Crippen LogP contribution in [0.1, 0.15) is 11.1 Å². The number of hydrogen-bond donors (Lipinski definition) is 1. The molecule has 4 rings (SSSR count). The van der Waals surface area contributed by atoms with Gasteiger partial charge < -0.3 is 9.73 Å². The molecule has 0 spiro atoms. The lowest BCUT2D eigenvalue weighted by atomic mass is 10.0. The van der Waals surface area contributed by atoms with Crippen molar-refractivity contribution in [2.75, 3.05) is 5.32 Å². The second-order valence-corrected chi connectivity index (χ2v) is 5.19. The van der Waals surface area contributed by atoms with Crippen molar-refractivity contribution in [1.82, 2.24) is 0 Å². The summed E-state index contributed by atoms with van der Waals surface area (Å²) >= 11 is 0. The summed E-state index contributed by atoms with van der Waals surface area (Å²) in [6.45, 7) is 0. The topological polar surface area (TPSA) is 59.3 Å². The average molecular weight is 307 g/mol. The van der Waals surface area contributed by atoms with Gasteiger partial charge in [-0.25, -0.2) is 9.18 Å². The van der Waals surface area contributed by atoms with E-state index in [4.69, 9.17) is 4.42 Å². The molecule has 112 valence electrons. The lowest BCUT2D eigenvalue weighted by Crippen LogP contribution is -2.05. The van der Waals surface area contributed by atoms with Gasteiger partial charge in [0.1, 0.15) is 11.6 Å². The summed E-state index contributed by atoms with van der Waals surface area (Å²) < 4.78 is 18.7. The zero-order chi connectivity index (χ0) is 16.0. The van der Waals surface area contributed by atoms with Gasteiger partial charge in [0.05, 0.1) is 5.56 Å². The molecule has 1 aromatic carbocycles. The fourth-order valence-electron chi connectivity index (χ4n) is 2.69. The van der Waals surface area contributed by atoms with Gasteiger partial charge in [-0.2, -0.15) is 0 Å². The Morgan fingerprint density at radius 3 is 2.70 bits per heavy atom. The molecular weight excluding hydrogens is 297 g/mol. The van der Waals surface area contributed by atoms with Crippen LogP contribution in [0.5, 0.6) is 0 Å². The summed E-state index contributed by atoms with van der Waals surface area (Å²) in [4.78, 5) is 24.2. The smallest absolute Gasteiger partial charge is 0.344 e. The highest BCUT2D eigenvalue weighted by Gasteiger charge is 2.26. The van der Waals surface area contributed by atoms with Crippen LogP contribution < -0.4 is 10.9 Å².